The van der Waals surface area contributed by atoms with E-state index in [2.05, 4.69) is 0 Å². The van der Waals surface area contributed by atoms with Gasteiger partial charge in [-0.3, -0.25) is 4.79 Å². The van der Waals surface area contributed by atoms with E-state index >= 15 is 0 Å². The fourth-order valence-corrected chi connectivity index (χ4v) is 2.56. The van der Waals surface area contributed by atoms with E-state index < -0.39 is 11.9 Å². The number of carboxylic acids is 1. The zero-order valence-corrected chi connectivity index (χ0v) is 11.2. The van der Waals surface area contributed by atoms with E-state index in [9.17, 15) is 9.90 Å². The second-order valence-corrected chi connectivity index (χ2v) is 5.21. The van der Waals surface area contributed by atoms with E-state index in [0.29, 0.717) is 22.2 Å². The molecule has 0 saturated carbocycles. The molecule has 1 aromatic rings. The van der Waals surface area contributed by atoms with Crippen molar-refractivity contribution in [3.63, 3.8) is 0 Å². The zero-order valence-electron chi connectivity index (χ0n) is 9.73. The van der Waals surface area contributed by atoms with Gasteiger partial charge in [0.2, 0.25) is 0 Å². The maximum atomic E-state index is 11.4. The van der Waals surface area contributed by atoms with Crippen LogP contribution in [0.5, 0.6) is 0 Å². The summed E-state index contributed by atoms with van der Waals surface area (Å²) in [5.41, 5.74) is 0.642. The summed E-state index contributed by atoms with van der Waals surface area (Å²) < 4.78 is 5.57. The molecule has 1 heterocycles. The van der Waals surface area contributed by atoms with Gasteiger partial charge < -0.3 is 9.84 Å². The average Bonchev–Trinajstić information content (AvgIpc) is 2.35. The molecular weight excluding hydrogens is 275 g/mol. The minimum atomic E-state index is -0.889. The lowest BCUT2D eigenvalue weighted by atomic mass is 9.89. The van der Waals surface area contributed by atoms with Crippen molar-refractivity contribution in [2.24, 2.45) is 0 Å². The molecule has 5 heteroatoms. The van der Waals surface area contributed by atoms with Crippen LogP contribution in [0.1, 0.15) is 30.7 Å². The van der Waals surface area contributed by atoms with Crippen LogP contribution in [-0.2, 0) is 9.53 Å². The van der Waals surface area contributed by atoms with Crippen molar-refractivity contribution in [3.05, 3.63) is 33.8 Å². The van der Waals surface area contributed by atoms with E-state index in [-0.39, 0.29) is 6.10 Å². The molecule has 2 atom stereocenters. The highest BCUT2D eigenvalue weighted by Gasteiger charge is 2.32. The van der Waals surface area contributed by atoms with Crippen LogP contribution in [0.25, 0.3) is 0 Å². The standard InChI is InChI=1S/C13H14Cl2O3/c14-9-5-4-8(7-10(9)15)12(13(16)17)11-3-1-2-6-18-11/h4-5,7,11-12H,1-3,6H2,(H,16,17)/t11?,12-/m1/s1. The minimum absolute atomic E-state index is 0.284. The number of halogens is 2. The molecule has 3 nitrogen and oxygen atoms in total. The fraction of sp³-hybridized carbons (Fsp3) is 0.462. The Hall–Kier alpha value is -0.770. The van der Waals surface area contributed by atoms with Gasteiger partial charge in [0.15, 0.2) is 0 Å². The second kappa shape index (κ2) is 5.91. The molecule has 1 fully saturated rings. The molecule has 0 radical (unpaired) electrons. The molecule has 0 aromatic heterocycles. The third kappa shape index (κ3) is 2.97. The predicted octanol–water partition coefficient (Wildman–Crippen LogP) is 3.73. The largest absolute Gasteiger partial charge is 0.481 e. The van der Waals surface area contributed by atoms with Crippen LogP contribution in [0.3, 0.4) is 0 Å². The van der Waals surface area contributed by atoms with Crippen molar-refractivity contribution in [3.8, 4) is 0 Å². The van der Waals surface area contributed by atoms with Crippen LogP contribution < -0.4 is 0 Å². The Balaban J connectivity index is 2.28. The number of hydrogen-bond acceptors (Lipinski definition) is 2. The Morgan fingerprint density at radius 2 is 2.11 bits per heavy atom. The topological polar surface area (TPSA) is 46.5 Å². The zero-order chi connectivity index (χ0) is 13.1. The van der Waals surface area contributed by atoms with Crippen molar-refractivity contribution in [2.75, 3.05) is 6.61 Å². The Morgan fingerprint density at radius 1 is 1.33 bits per heavy atom. The molecule has 98 valence electrons. The van der Waals surface area contributed by atoms with Gasteiger partial charge in [-0.2, -0.15) is 0 Å². The highest BCUT2D eigenvalue weighted by Crippen LogP contribution is 2.32. The van der Waals surface area contributed by atoms with E-state index in [1.807, 2.05) is 0 Å². The number of benzene rings is 1. The SMILES string of the molecule is O=C(O)[C@H](c1ccc(Cl)c(Cl)c1)C1CCCCO1. The number of rotatable bonds is 3. The predicted molar refractivity (Wildman–Crippen MR) is 70.4 cm³/mol. The summed E-state index contributed by atoms with van der Waals surface area (Å²) in [7, 11) is 0. The first-order valence-corrected chi connectivity index (χ1v) is 6.64. The highest BCUT2D eigenvalue weighted by atomic mass is 35.5. The van der Waals surface area contributed by atoms with Gasteiger partial charge in [-0.05, 0) is 37.0 Å². The molecule has 2 rings (SSSR count). The molecule has 0 bridgehead atoms. The van der Waals surface area contributed by atoms with Crippen LogP contribution in [0.15, 0.2) is 18.2 Å². The number of carboxylic acid groups (broad SMARTS) is 1. The molecule has 0 amide bonds. The first kappa shape index (κ1) is 13.7. The highest BCUT2D eigenvalue weighted by molar-refractivity contribution is 6.42. The van der Waals surface area contributed by atoms with Gasteiger partial charge in [0, 0.05) is 6.61 Å². The maximum Gasteiger partial charge on any atom is 0.313 e. The van der Waals surface area contributed by atoms with Gasteiger partial charge in [-0.15, -0.1) is 0 Å². The molecule has 0 aliphatic carbocycles. The Bertz CT molecular complexity index is 442. The molecule has 1 unspecified atom stereocenters. The van der Waals surface area contributed by atoms with E-state index in [1.165, 1.54) is 0 Å². The normalized spacial score (nSPS) is 21.6. The van der Waals surface area contributed by atoms with Crippen molar-refractivity contribution in [1.82, 2.24) is 0 Å². The lowest BCUT2D eigenvalue weighted by molar-refractivity contribution is -0.144. The van der Waals surface area contributed by atoms with Crippen LogP contribution in [0.4, 0.5) is 0 Å². The smallest absolute Gasteiger partial charge is 0.313 e. The van der Waals surface area contributed by atoms with Crippen LogP contribution in [0.2, 0.25) is 10.0 Å². The van der Waals surface area contributed by atoms with E-state index in [0.717, 1.165) is 19.3 Å². The van der Waals surface area contributed by atoms with E-state index in [4.69, 9.17) is 27.9 Å². The summed E-state index contributed by atoms with van der Waals surface area (Å²) in [5.74, 6) is -1.57. The van der Waals surface area contributed by atoms with Crippen LogP contribution >= 0.6 is 23.2 Å². The summed E-state index contributed by atoms with van der Waals surface area (Å²) in [4.78, 5) is 11.4. The summed E-state index contributed by atoms with van der Waals surface area (Å²) in [6.45, 7) is 0.621. The van der Waals surface area contributed by atoms with Gasteiger partial charge in [0.05, 0.1) is 16.1 Å². The minimum Gasteiger partial charge on any atom is -0.481 e. The molecule has 18 heavy (non-hydrogen) atoms. The van der Waals surface area contributed by atoms with Gasteiger partial charge in [0.1, 0.15) is 5.92 Å². The quantitative estimate of drug-likeness (QED) is 0.922. The van der Waals surface area contributed by atoms with Crippen molar-refractivity contribution in [1.29, 1.82) is 0 Å². The van der Waals surface area contributed by atoms with Gasteiger partial charge in [-0.1, -0.05) is 29.3 Å². The van der Waals surface area contributed by atoms with Crippen LogP contribution in [0, 0.1) is 0 Å². The average molecular weight is 289 g/mol. The summed E-state index contributed by atoms with van der Waals surface area (Å²) in [5, 5.41) is 10.2. The first-order chi connectivity index (χ1) is 8.59. The maximum absolute atomic E-state index is 11.4. The monoisotopic (exact) mass is 288 g/mol. The fourth-order valence-electron chi connectivity index (χ4n) is 2.25. The third-order valence-electron chi connectivity index (χ3n) is 3.16. The lowest BCUT2D eigenvalue weighted by Crippen LogP contribution is -2.31. The lowest BCUT2D eigenvalue weighted by Gasteiger charge is -2.28. The molecule has 1 aromatic carbocycles. The van der Waals surface area contributed by atoms with Gasteiger partial charge >= 0.3 is 5.97 Å². The molecular formula is C13H14Cl2O3. The van der Waals surface area contributed by atoms with Crippen molar-refractivity contribution >= 4 is 29.2 Å². The Kier molecular flexibility index (Phi) is 4.49. The van der Waals surface area contributed by atoms with E-state index in [1.54, 1.807) is 18.2 Å². The number of hydrogen-bond donors (Lipinski definition) is 1. The van der Waals surface area contributed by atoms with Crippen molar-refractivity contribution < 1.29 is 14.6 Å². The summed E-state index contributed by atoms with van der Waals surface area (Å²) in [6.07, 6.45) is 2.46. The van der Waals surface area contributed by atoms with Crippen LogP contribution in [-0.4, -0.2) is 23.8 Å². The summed E-state index contributed by atoms with van der Waals surface area (Å²) in [6, 6.07) is 4.93. The Labute approximate surface area is 116 Å². The molecule has 0 spiro atoms. The molecule has 1 aliphatic heterocycles. The number of ether oxygens (including phenoxy) is 1. The molecule has 1 aliphatic rings. The van der Waals surface area contributed by atoms with Gasteiger partial charge in [-0.25, -0.2) is 0 Å². The second-order valence-electron chi connectivity index (χ2n) is 4.39. The molecule has 1 N–H and O–H groups in total. The first-order valence-electron chi connectivity index (χ1n) is 5.89. The summed E-state index contributed by atoms with van der Waals surface area (Å²) >= 11 is 11.8. The Morgan fingerprint density at radius 3 is 2.67 bits per heavy atom. The van der Waals surface area contributed by atoms with Gasteiger partial charge in [0.25, 0.3) is 0 Å². The van der Waals surface area contributed by atoms with Crippen molar-refractivity contribution in [2.45, 2.75) is 31.3 Å². The third-order valence-corrected chi connectivity index (χ3v) is 3.89. The molecule has 1 saturated heterocycles. The number of aliphatic carboxylic acids is 1. The number of carbonyl (C=O) groups is 1.